The van der Waals surface area contributed by atoms with Crippen LogP contribution in [0.25, 0.3) is 0 Å². The fourth-order valence-electron chi connectivity index (χ4n) is 1.37. The number of pyridine rings is 1. The molecule has 2 aromatic rings. The van der Waals surface area contributed by atoms with Gasteiger partial charge in [-0.1, -0.05) is 12.2 Å². The minimum absolute atomic E-state index is 0.0205. The van der Waals surface area contributed by atoms with Crippen molar-refractivity contribution in [3.63, 3.8) is 0 Å². The zero-order chi connectivity index (χ0) is 13.0. The maximum Gasteiger partial charge on any atom is 0.173 e. The van der Waals surface area contributed by atoms with Gasteiger partial charge in [-0.2, -0.15) is 5.10 Å². The van der Waals surface area contributed by atoms with Gasteiger partial charge in [-0.05, 0) is 0 Å². The predicted octanol–water partition coefficient (Wildman–Crippen LogP) is 2.31. The van der Waals surface area contributed by atoms with Gasteiger partial charge in [-0.25, -0.2) is 13.8 Å². The van der Waals surface area contributed by atoms with Gasteiger partial charge in [0.1, 0.15) is 11.6 Å². The second-order valence-corrected chi connectivity index (χ2v) is 3.64. The summed E-state index contributed by atoms with van der Waals surface area (Å²) >= 11 is 4.58. The molecular weight excluding hydrogens is 258 g/mol. The zero-order valence-electron chi connectivity index (χ0n) is 9.12. The Balaban J connectivity index is 2.21. The van der Waals surface area contributed by atoms with Crippen LogP contribution in [-0.4, -0.2) is 26.3 Å². The van der Waals surface area contributed by atoms with E-state index in [0.717, 1.165) is 12.4 Å². The van der Waals surface area contributed by atoms with Crippen LogP contribution >= 0.6 is 12.2 Å². The van der Waals surface area contributed by atoms with Gasteiger partial charge < -0.3 is 0 Å². The Hall–Kier alpha value is -2.02. The molecule has 2 rings (SSSR count). The SMILES string of the molecule is Fc1cncc(F)c1Cn1ccc(N=CC=S)n1. The van der Waals surface area contributed by atoms with Crippen molar-refractivity contribution >= 4 is 29.6 Å². The zero-order valence-corrected chi connectivity index (χ0v) is 9.94. The molecule has 0 atom stereocenters. The van der Waals surface area contributed by atoms with Crippen LogP contribution < -0.4 is 0 Å². The lowest BCUT2D eigenvalue weighted by atomic mass is 10.2. The number of nitrogens with zero attached hydrogens (tertiary/aromatic N) is 4. The maximum absolute atomic E-state index is 13.4. The molecule has 2 aromatic heterocycles. The molecular formula is C11H8F2N4S. The second kappa shape index (κ2) is 5.54. The van der Waals surface area contributed by atoms with Crippen molar-refractivity contribution in [1.82, 2.24) is 14.8 Å². The molecule has 0 unspecified atom stereocenters. The van der Waals surface area contributed by atoms with E-state index >= 15 is 0 Å². The van der Waals surface area contributed by atoms with Gasteiger partial charge >= 0.3 is 0 Å². The molecule has 18 heavy (non-hydrogen) atoms. The Kier molecular flexibility index (Phi) is 3.83. The number of hydrogen-bond acceptors (Lipinski definition) is 4. The first-order valence-electron chi connectivity index (χ1n) is 5.00. The van der Waals surface area contributed by atoms with E-state index in [1.54, 1.807) is 12.3 Å². The van der Waals surface area contributed by atoms with E-state index < -0.39 is 11.6 Å². The van der Waals surface area contributed by atoms with Gasteiger partial charge in [0.05, 0.1) is 18.9 Å². The van der Waals surface area contributed by atoms with E-state index in [2.05, 4.69) is 27.3 Å². The van der Waals surface area contributed by atoms with Crippen molar-refractivity contribution in [3.8, 4) is 0 Å². The van der Waals surface area contributed by atoms with E-state index in [1.807, 2.05) is 0 Å². The van der Waals surface area contributed by atoms with Gasteiger partial charge in [0.25, 0.3) is 0 Å². The van der Waals surface area contributed by atoms with Gasteiger partial charge in [0.15, 0.2) is 5.82 Å². The summed E-state index contributed by atoms with van der Waals surface area (Å²) in [6.45, 7) is -0.0205. The number of thiocarbonyl (C=S) groups is 1. The third-order valence-corrected chi connectivity index (χ3v) is 2.29. The summed E-state index contributed by atoms with van der Waals surface area (Å²) in [6, 6.07) is 1.62. The van der Waals surface area contributed by atoms with E-state index in [0.29, 0.717) is 5.82 Å². The molecule has 0 saturated carbocycles. The van der Waals surface area contributed by atoms with Crippen LogP contribution in [0.5, 0.6) is 0 Å². The molecule has 0 aliphatic carbocycles. The van der Waals surface area contributed by atoms with Gasteiger partial charge in [0, 0.05) is 29.4 Å². The number of aliphatic imine (C=N–C) groups is 1. The monoisotopic (exact) mass is 266 g/mol. The topological polar surface area (TPSA) is 43.1 Å². The number of aromatic nitrogens is 3. The van der Waals surface area contributed by atoms with Crippen LogP contribution in [0, 0.1) is 11.6 Å². The predicted molar refractivity (Wildman–Crippen MR) is 67.3 cm³/mol. The molecule has 0 aromatic carbocycles. The first-order valence-corrected chi connectivity index (χ1v) is 5.47. The van der Waals surface area contributed by atoms with Crippen molar-refractivity contribution in [1.29, 1.82) is 0 Å². The minimum Gasteiger partial charge on any atom is -0.266 e. The Morgan fingerprint density at radius 3 is 2.72 bits per heavy atom. The lowest BCUT2D eigenvalue weighted by Crippen LogP contribution is -2.05. The van der Waals surface area contributed by atoms with Crippen LogP contribution in [0.3, 0.4) is 0 Å². The Morgan fingerprint density at radius 2 is 2.06 bits per heavy atom. The summed E-state index contributed by atoms with van der Waals surface area (Å²) in [5.41, 5.74) is -0.0848. The molecule has 0 aliphatic rings. The van der Waals surface area contributed by atoms with Crippen LogP contribution in [-0.2, 0) is 6.54 Å². The molecule has 0 radical (unpaired) electrons. The molecule has 0 aliphatic heterocycles. The van der Waals surface area contributed by atoms with Crippen molar-refractivity contribution in [2.24, 2.45) is 4.99 Å². The van der Waals surface area contributed by atoms with E-state index in [1.165, 1.54) is 16.3 Å². The minimum atomic E-state index is -0.700. The third-order valence-electron chi connectivity index (χ3n) is 2.17. The summed E-state index contributed by atoms with van der Waals surface area (Å²) in [4.78, 5) is 7.33. The number of halogens is 2. The summed E-state index contributed by atoms with van der Waals surface area (Å²) in [7, 11) is 0. The molecule has 0 bridgehead atoms. The second-order valence-electron chi connectivity index (χ2n) is 3.37. The van der Waals surface area contributed by atoms with Gasteiger partial charge in [0.2, 0.25) is 0 Å². The van der Waals surface area contributed by atoms with Gasteiger partial charge in [-0.15, -0.1) is 0 Å². The summed E-state index contributed by atoms with van der Waals surface area (Å²) < 4.78 is 28.1. The first-order chi connectivity index (χ1) is 8.70. The summed E-state index contributed by atoms with van der Waals surface area (Å²) in [5, 5.41) is 5.37. The van der Waals surface area contributed by atoms with Crippen LogP contribution in [0.2, 0.25) is 0 Å². The molecule has 0 fully saturated rings. The average molecular weight is 266 g/mol. The molecule has 0 spiro atoms. The van der Waals surface area contributed by atoms with Crippen molar-refractivity contribution in [2.75, 3.05) is 0 Å². The third kappa shape index (κ3) is 2.80. The van der Waals surface area contributed by atoms with Crippen molar-refractivity contribution < 1.29 is 8.78 Å². The Labute approximate surface area is 107 Å². The molecule has 0 N–H and O–H groups in total. The molecule has 0 amide bonds. The summed E-state index contributed by atoms with van der Waals surface area (Å²) in [5.74, 6) is -0.977. The van der Waals surface area contributed by atoms with Crippen molar-refractivity contribution in [2.45, 2.75) is 6.54 Å². The van der Waals surface area contributed by atoms with Gasteiger partial charge in [-0.3, -0.25) is 9.67 Å². The normalized spacial score (nSPS) is 11.0. The molecule has 4 nitrogen and oxygen atoms in total. The Bertz CT molecular complexity index is 574. The van der Waals surface area contributed by atoms with E-state index in [-0.39, 0.29) is 12.1 Å². The molecule has 92 valence electrons. The molecule has 0 saturated heterocycles. The highest BCUT2D eigenvalue weighted by atomic mass is 32.1. The van der Waals surface area contributed by atoms with E-state index in [4.69, 9.17) is 0 Å². The lowest BCUT2D eigenvalue weighted by molar-refractivity contribution is 0.525. The van der Waals surface area contributed by atoms with E-state index in [9.17, 15) is 8.78 Å². The van der Waals surface area contributed by atoms with Crippen molar-refractivity contribution in [3.05, 3.63) is 41.9 Å². The first kappa shape index (κ1) is 12.4. The fourth-order valence-corrected chi connectivity index (χ4v) is 1.43. The average Bonchev–Trinajstić information content (AvgIpc) is 2.79. The smallest absolute Gasteiger partial charge is 0.173 e. The molecule has 2 heterocycles. The standard InChI is InChI=1S/C11H8F2N4S/c12-9-5-14-6-10(13)8(9)7-17-3-1-11(16-17)15-2-4-18/h1-6H,7H2. The number of hydrogen-bond donors (Lipinski definition) is 0. The maximum atomic E-state index is 13.4. The highest BCUT2D eigenvalue weighted by molar-refractivity contribution is 7.80. The van der Waals surface area contributed by atoms with Crippen LogP contribution in [0.4, 0.5) is 14.6 Å². The molecule has 7 heteroatoms. The van der Waals surface area contributed by atoms with Crippen LogP contribution in [0.1, 0.15) is 5.56 Å². The van der Waals surface area contributed by atoms with Crippen LogP contribution in [0.15, 0.2) is 29.6 Å². The highest BCUT2D eigenvalue weighted by Crippen LogP contribution is 2.13. The lowest BCUT2D eigenvalue weighted by Gasteiger charge is -2.03. The Morgan fingerprint density at radius 1 is 1.33 bits per heavy atom. The highest BCUT2D eigenvalue weighted by Gasteiger charge is 2.10. The summed E-state index contributed by atoms with van der Waals surface area (Å²) in [6.07, 6.45) is 4.92. The quantitative estimate of drug-likeness (QED) is 0.630. The fraction of sp³-hybridized carbons (Fsp3) is 0.0909. The number of rotatable bonds is 4. The largest absolute Gasteiger partial charge is 0.266 e.